The van der Waals surface area contributed by atoms with E-state index < -0.39 is 0 Å². The quantitative estimate of drug-likeness (QED) is 0.793. The summed E-state index contributed by atoms with van der Waals surface area (Å²) in [5, 5.41) is 0. The van der Waals surface area contributed by atoms with Crippen molar-refractivity contribution in [2.75, 3.05) is 26.2 Å². The van der Waals surface area contributed by atoms with E-state index in [4.69, 9.17) is 4.74 Å². The third kappa shape index (κ3) is 4.11. The Labute approximate surface area is 139 Å². The molecule has 1 saturated heterocycles. The van der Waals surface area contributed by atoms with E-state index in [1.54, 1.807) is 0 Å². The molecule has 2 heterocycles. The van der Waals surface area contributed by atoms with Gasteiger partial charge in [0, 0.05) is 18.3 Å². The van der Waals surface area contributed by atoms with Crippen LogP contribution in [0.25, 0.3) is 11.3 Å². The Hall–Kier alpha value is -1.87. The van der Waals surface area contributed by atoms with Gasteiger partial charge in [0.1, 0.15) is 12.4 Å². The number of likely N-dealkylation sites (tertiary alicyclic amines) is 1. The highest BCUT2D eigenvalue weighted by molar-refractivity contribution is 5.65. The van der Waals surface area contributed by atoms with Crippen LogP contribution >= 0.6 is 0 Å². The minimum Gasteiger partial charge on any atom is -0.492 e. The van der Waals surface area contributed by atoms with Crippen LogP contribution in [-0.2, 0) is 0 Å². The van der Waals surface area contributed by atoms with Gasteiger partial charge in [0.05, 0.1) is 5.69 Å². The monoisotopic (exact) mass is 310 g/mol. The average Bonchev–Trinajstić information content (AvgIpc) is 3.09. The van der Waals surface area contributed by atoms with Crippen LogP contribution in [0.15, 0.2) is 42.6 Å². The van der Waals surface area contributed by atoms with Crippen molar-refractivity contribution in [2.24, 2.45) is 0 Å². The molecular weight excluding hydrogens is 284 g/mol. The zero-order valence-electron chi connectivity index (χ0n) is 14.2. The fourth-order valence-electron chi connectivity index (χ4n) is 3.16. The van der Waals surface area contributed by atoms with E-state index in [9.17, 15) is 0 Å². The first-order chi connectivity index (χ1) is 11.2. The number of pyridine rings is 1. The summed E-state index contributed by atoms with van der Waals surface area (Å²) in [5.74, 6) is 1.40. The molecule has 23 heavy (non-hydrogen) atoms. The lowest BCUT2D eigenvalue weighted by molar-refractivity contribution is 0.237. The molecule has 3 heteroatoms. The summed E-state index contributed by atoms with van der Waals surface area (Å²) in [5.41, 5.74) is 3.52. The average molecular weight is 310 g/mol. The smallest absolute Gasteiger partial charge is 0.119 e. The third-order valence-corrected chi connectivity index (χ3v) is 4.46. The Balaban J connectivity index is 1.71. The summed E-state index contributed by atoms with van der Waals surface area (Å²) in [7, 11) is 0. The van der Waals surface area contributed by atoms with Crippen LogP contribution in [0.1, 0.15) is 38.2 Å². The Kier molecular flexibility index (Phi) is 5.29. The summed E-state index contributed by atoms with van der Waals surface area (Å²) in [6, 6.07) is 12.4. The van der Waals surface area contributed by atoms with E-state index in [0.717, 1.165) is 24.6 Å². The molecule has 1 aromatic heterocycles. The molecule has 0 spiro atoms. The maximum Gasteiger partial charge on any atom is 0.119 e. The second-order valence-electron chi connectivity index (χ2n) is 6.52. The molecule has 3 nitrogen and oxygen atoms in total. The number of hydrogen-bond donors (Lipinski definition) is 0. The molecule has 0 saturated carbocycles. The van der Waals surface area contributed by atoms with Crippen molar-refractivity contribution >= 4 is 0 Å². The Morgan fingerprint density at radius 1 is 1.13 bits per heavy atom. The van der Waals surface area contributed by atoms with Gasteiger partial charge in [0.25, 0.3) is 0 Å². The molecule has 0 atom stereocenters. The Morgan fingerprint density at radius 3 is 2.65 bits per heavy atom. The number of benzene rings is 1. The first-order valence-corrected chi connectivity index (χ1v) is 8.64. The summed E-state index contributed by atoms with van der Waals surface area (Å²) in [6.45, 7) is 8.67. The predicted molar refractivity (Wildman–Crippen MR) is 94.9 cm³/mol. The van der Waals surface area contributed by atoms with E-state index in [1.165, 1.54) is 37.1 Å². The highest BCUT2D eigenvalue weighted by atomic mass is 16.5. The predicted octanol–water partition coefficient (Wildman–Crippen LogP) is 4.35. The molecule has 0 N–H and O–H groups in total. The minimum absolute atomic E-state index is 0.439. The summed E-state index contributed by atoms with van der Waals surface area (Å²) < 4.78 is 5.99. The van der Waals surface area contributed by atoms with E-state index >= 15 is 0 Å². The van der Waals surface area contributed by atoms with Crippen molar-refractivity contribution in [2.45, 2.75) is 32.6 Å². The van der Waals surface area contributed by atoms with Crippen LogP contribution in [0.5, 0.6) is 5.75 Å². The molecule has 2 aromatic rings. The first-order valence-electron chi connectivity index (χ1n) is 8.64. The van der Waals surface area contributed by atoms with Crippen LogP contribution in [0.3, 0.4) is 0 Å². The maximum absolute atomic E-state index is 5.99. The standard InChI is InChI=1S/C20H26N2O/c1-16(2)19-15-17(23-14-13-22-11-5-6-12-22)8-9-18(19)20-7-3-4-10-21-20/h3-4,7-10,15-16H,5-6,11-14H2,1-2H3. The Morgan fingerprint density at radius 2 is 1.96 bits per heavy atom. The molecule has 0 radical (unpaired) electrons. The zero-order valence-corrected chi connectivity index (χ0v) is 14.2. The van der Waals surface area contributed by atoms with Crippen molar-refractivity contribution < 1.29 is 4.74 Å². The van der Waals surface area contributed by atoms with Crippen molar-refractivity contribution in [3.8, 4) is 17.0 Å². The fraction of sp³-hybridized carbons (Fsp3) is 0.450. The number of hydrogen-bond acceptors (Lipinski definition) is 3. The normalized spacial score (nSPS) is 15.3. The number of ether oxygens (including phenoxy) is 1. The molecule has 3 rings (SSSR count). The topological polar surface area (TPSA) is 25.4 Å². The van der Waals surface area contributed by atoms with Gasteiger partial charge < -0.3 is 4.74 Å². The van der Waals surface area contributed by atoms with Gasteiger partial charge in [-0.25, -0.2) is 0 Å². The van der Waals surface area contributed by atoms with Gasteiger partial charge in [0.2, 0.25) is 0 Å². The summed E-state index contributed by atoms with van der Waals surface area (Å²) >= 11 is 0. The van der Waals surface area contributed by atoms with Gasteiger partial charge in [-0.05, 0) is 67.7 Å². The van der Waals surface area contributed by atoms with Crippen LogP contribution in [-0.4, -0.2) is 36.1 Å². The molecule has 0 unspecified atom stereocenters. The lowest BCUT2D eigenvalue weighted by atomic mass is 9.95. The van der Waals surface area contributed by atoms with Gasteiger partial charge in [0.15, 0.2) is 0 Å². The zero-order chi connectivity index (χ0) is 16.1. The molecular formula is C20H26N2O. The molecule has 1 aliphatic heterocycles. The molecule has 0 bridgehead atoms. The molecule has 1 fully saturated rings. The highest BCUT2D eigenvalue weighted by Gasteiger charge is 2.13. The third-order valence-electron chi connectivity index (χ3n) is 4.46. The van der Waals surface area contributed by atoms with Crippen LogP contribution in [0.2, 0.25) is 0 Å². The van der Waals surface area contributed by atoms with Gasteiger partial charge in [-0.3, -0.25) is 9.88 Å². The lowest BCUT2D eigenvalue weighted by Crippen LogP contribution is -2.25. The lowest BCUT2D eigenvalue weighted by Gasteiger charge is -2.17. The molecule has 122 valence electrons. The van der Waals surface area contributed by atoms with E-state index in [0.29, 0.717) is 5.92 Å². The van der Waals surface area contributed by atoms with E-state index in [1.807, 2.05) is 18.3 Å². The van der Waals surface area contributed by atoms with Gasteiger partial charge in [-0.2, -0.15) is 0 Å². The Bertz CT molecular complexity index is 619. The van der Waals surface area contributed by atoms with Crippen molar-refractivity contribution in [3.05, 3.63) is 48.2 Å². The second-order valence-corrected chi connectivity index (χ2v) is 6.52. The van der Waals surface area contributed by atoms with Gasteiger partial charge >= 0.3 is 0 Å². The summed E-state index contributed by atoms with van der Waals surface area (Å²) in [6.07, 6.45) is 4.51. The van der Waals surface area contributed by atoms with Gasteiger partial charge in [-0.15, -0.1) is 0 Å². The molecule has 1 aromatic carbocycles. The molecule has 1 aliphatic rings. The van der Waals surface area contributed by atoms with E-state index in [-0.39, 0.29) is 0 Å². The van der Waals surface area contributed by atoms with Crippen LogP contribution < -0.4 is 4.74 Å². The van der Waals surface area contributed by atoms with Crippen molar-refractivity contribution in [1.82, 2.24) is 9.88 Å². The first kappa shape index (κ1) is 16.0. The largest absolute Gasteiger partial charge is 0.492 e. The minimum atomic E-state index is 0.439. The highest BCUT2D eigenvalue weighted by Crippen LogP contribution is 2.31. The van der Waals surface area contributed by atoms with Crippen molar-refractivity contribution in [3.63, 3.8) is 0 Å². The number of aromatic nitrogens is 1. The van der Waals surface area contributed by atoms with Crippen molar-refractivity contribution in [1.29, 1.82) is 0 Å². The SMILES string of the molecule is CC(C)c1cc(OCCN2CCCC2)ccc1-c1ccccn1. The fourth-order valence-corrected chi connectivity index (χ4v) is 3.16. The second kappa shape index (κ2) is 7.60. The van der Waals surface area contributed by atoms with Gasteiger partial charge in [-0.1, -0.05) is 19.9 Å². The van der Waals surface area contributed by atoms with Crippen LogP contribution in [0, 0.1) is 0 Å². The molecule has 0 amide bonds. The van der Waals surface area contributed by atoms with E-state index in [2.05, 4.69) is 48.0 Å². The van der Waals surface area contributed by atoms with Crippen LogP contribution in [0.4, 0.5) is 0 Å². The number of rotatable bonds is 6. The summed E-state index contributed by atoms with van der Waals surface area (Å²) in [4.78, 5) is 6.97. The maximum atomic E-state index is 5.99. The number of nitrogens with zero attached hydrogens (tertiary/aromatic N) is 2. The molecule has 0 aliphatic carbocycles.